The largest absolute Gasteiger partial charge is 0.456 e. The molecule has 12 rings (SSSR count). The monoisotopic (exact) mass is 754 g/mol. The lowest BCUT2D eigenvalue weighted by atomic mass is 9.97. The van der Waals surface area contributed by atoms with E-state index >= 15 is 0 Å². The maximum atomic E-state index is 9.30. The summed E-state index contributed by atoms with van der Waals surface area (Å²) in [4.78, 5) is 14.5. The Balaban J connectivity index is 1.30. The van der Waals surface area contributed by atoms with Crippen LogP contribution in [0.4, 0.5) is 0 Å². The van der Waals surface area contributed by atoms with Crippen molar-refractivity contribution in [1.29, 1.82) is 0 Å². The van der Waals surface area contributed by atoms with Gasteiger partial charge in [-0.3, -0.25) is 4.57 Å². The second-order valence-corrected chi connectivity index (χ2v) is 12.6. The molecule has 12 aromatic rings. The van der Waals surface area contributed by atoms with Crippen molar-refractivity contribution in [3.63, 3.8) is 0 Å². The van der Waals surface area contributed by atoms with Gasteiger partial charge in [0, 0.05) is 43.4 Å². The van der Waals surface area contributed by atoms with Gasteiger partial charge in [-0.15, -0.1) is 0 Å². The van der Waals surface area contributed by atoms with Gasteiger partial charge in [0.05, 0.1) is 62.0 Å². The Morgan fingerprint density at radius 3 is 1.60 bits per heavy atom. The topological polar surface area (TPSA) is 61.7 Å². The van der Waals surface area contributed by atoms with Crippen molar-refractivity contribution < 1.29 is 38.7 Å². The Hall–Kier alpha value is -7.83. The zero-order valence-corrected chi connectivity index (χ0v) is 28.6. The van der Waals surface area contributed by atoms with E-state index in [1.807, 2.05) is 0 Å². The van der Waals surface area contributed by atoms with E-state index in [9.17, 15) is 5.48 Å². The molecule has 0 fully saturated rings. The molecule has 0 saturated heterocycles. The van der Waals surface area contributed by atoms with Gasteiger partial charge >= 0.3 is 0 Å². The minimum absolute atomic E-state index is 0.0948. The molecule has 6 heteroatoms. The Bertz CT molecular complexity index is 4830. The molecule has 266 valence electrons. The summed E-state index contributed by atoms with van der Waals surface area (Å²) in [6.45, 7) is 0. The Kier molecular flexibility index (Phi) is 3.41. The first-order chi connectivity index (χ1) is 38.6. The quantitative estimate of drug-likeness (QED) is 0.176. The van der Waals surface area contributed by atoms with E-state index in [1.54, 1.807) is 0 Å². The molecule has 8 aromatic carbocycles. The van der Waals surface area contributed by atoms with E-state index in [0.29, 0.717) is 0 Å². The normalized spacial score (nSPS) is 18.0. The summed E-state index contributed by atoms with van der Waals surface area (Å²) in [5.74, 6) is -1.52. The highest BCUT2D eigenvalue weighted by Gasteiger charge is 2.22. The van der Waals surface area contributed by atoms with Gasteiger partial charge in [0.15, 0.2) is 11.6 Å². The van der Waals surface area contributed by atoms with Crippen molar-refractivity contribution >= 4 is 65.6 Å². The van der Waals surface area contributed by atoms with Gasteiger partial charge in [-0.1, -0.05) is 133 Å². The molecular formula is C51H31N5O. The van der Waals surface area contributed by atoms with Gasteiger partial charge in [-0.25, -0.2) is 4.98 Å². The highest BCUT2D eigenvalue weighted by atomic mass is 16.3. The third-order valence-electron chi connectivity index (χ3n) is 9.52. The van der Waals surface area contributed by atoms with Gasteiger partial charge in [0.2, 0.25) is 5.95 Å². The van der Waals surface area contributed by atoms with Gasteiger partial charge in [-0.05, 0) is 65.6 Å². The number of furan rings is 1. The average Bonchev–Trinajstić information content (AvgIpc) is 1.70. The van der Waals surface area contributed by atoms with Gasteiger partial charge in [-0.2, -0.15) is 9.97 Å². The van der Waals surface area contributed by atoms with Crippen LogP contribution in [-0.4, -0.2) is 24.1 Å². The van der Waals surface area contributed by atoms with Crippen LogP contribution in [0.15, 0.2) is 192 Å². The van der Waals surface area contributed by atoms with Crippen LogP contribution in [0.5, 0.6) is 0 Å². The zero-order valence-electron chi connectivity index (χ0n) is 53.6. The lowest BCUT2D eigenvalue weighted by Gasteiger charge is -2.15. The maximum absolute atomic E-state index is 9.30. The van der Waals surface area contributed by atoms with Crippen LogP contribution in [0, 0.1) is 0 Å². The summed E-state index contributed by atoms with van der Waals surface area (Å²) in [7, 11) is 0. The van der Waals surface area contributed by atoms with Crippen molar-refractivity contribution in [2.45, 2.75) is 0 Å². The van der Waals surface area contributed by atoms with E-state index in [1.165, 1.54) is 41.0 Å². The fourth-order valence-electron chi connectivity index (χ4n) is 7.18. The summed E-state index contributed by atoms with van der Waals surface area (Å²) in [6.07, 6.45) is 0. The number of aromatic nitrogens is 5. The fourth-order valence-corrected chi connectivity index (χ4v) is 7.18. The van der Waals surface area contributed by atoms with E-state index in [-0.39, 0.29) is 71.3 Å². The molecule has 6 nitrogen and oxygen atoms in total. The van der Waals surface area contributed by atoms with E-state index in [2.05, 4.69) is 0 Å². The molecular weight excluding hydrogens is 699 g/mol. The fraction of sp³-hybridized carbons (Fsp3) is 0. The molecule has 0 aliphatic carbocycles. The summed E-state index contributed by atoms with van der Waals surface area (Å²) in [5.41, 5.74) is -3.28. The minimum atomic E-state index is -0.801. The van der Waals surface area contributed by atoms with Crippen molar-refractivity contribution in [2.24, 2.45) is 0 Å². The number of rotatable bonds is 5. The SMILES string of the molecule is [2H]c1c([2H])c([2H])c(-c2cc(-c3nc(-c4ccccc4-n4c5c([2H])c([2H])c([2H])c([2H])c5c5c([2H])c([2H])c([2H])c([2H])c54)nc(-n4c5c([2H])c([2H])c([2H])c([2H])c5c5c([2H])c([2H])c([2H])c([2H])c54)n3)cc3oc4c([2H])c([2H])c([2H])c([2H])c4c23)c([2H])c1[2H]. The van der Waals surface area contributed by atoms with Gasteiger partial charge in [0.25, 0.3) is 0 Å². The highest BCUT2D eigenvalue weighted by Crippen LogP contribution is 2.41. The maximum Gasteiger partial charge on any atom is 0.238 e. The number of hydrogen-bond acceptors (Lipinski definition) is 4. The van der Waals surface area contributed by atoms with Crippen LogP contribution >= 0.6 is 0 Å². The number of nitrogens with zero attached hydrogens (tertiary/aromatic N) is 5. The predicted molar refractivity (Wildman–Crippen MR) is 232 cm³/mol. The van der Waals surface area contributed by atoms with Crippen LogP contribution < -0.4 is 0 Å². The number of hydrogen-bond donors (Lipinski definition) is 0. The Labute approximate surface area is 361 Å². The predicted octanol–water partition coefficient (Wildman–Crippen LogP) is 13.0. The minimum Gasteiger partial charge on any atom is -0.456 e. The molecule has 0 amide bonds. The lowest BCUT2D eigenvalue weighted by Crippen LogP contribution is -2.08. The van der Waals surface area contributed by atoms with Crippen LogP contribution in [-0.2, 0) is 0 Å². The molecule has 0 bridgehead atoms. The van der Waals surface area contributed by atoms with E-state index in [0.717, 1.165) is 4.57 Å². The van der Waals surface area contributed by atoms with Crippen molar-refractivity contribution in [2.75, 3.05) is 0 Å². The smallest absolute Gasteiger partial charge is 0.238 e. The molecule has 4 heterocycles. The van der Waals surface area contributed by atoms with Crippen LogP contribution in [0.1, 0.15) is 34.3 Å². The van der Waals surface area contributed by atoms with Crippen molar-refractivity contribution in [3.8, 4) is 45.5 Å². The molecule has 0 N–H and O–H groups in total. The Morgan fingerprint density at radius 1 is 0.421 bits per heavy atom. The van der Waals surface area contributed by atoms with Crippen LogP contribution in [0.3, 0.4) is 0 Å². The number of fused-ring (bicyclic) bond motifs is 9. The summed E-state index contributed by atoms with van der Waals surface area (Å²) < 4.78 is 230. The summed E-state index contributed by atoms with van der Waals surface area (Å²) in [5, 5.41) is -1.70. The third kappa shape index (κ3) is 4.81. The lowest BCUT2D eigenvalue weighted by molar-refractivity contribution is 0.669. The summed E-state index contributed by atoms with van der Waals surface area (Å²) in [6, 6.07) is -9.73. The second kappa shape index (κ2) is 12.3. The zero-order chi connectivity index (χ0) is 59.2. The van der Waals surface area contributed by atoms with Crippen LogP contribution in [0.25, 0.3) is 111 Å². The molecule has 0 radical (unpaired) electrons. The second-order valence-electron chi connectivity index (χ2n) is 12.6. The Morgan fingerprint density at radius 2 is 0.947 bits per heavy atom. The molecule has 0 unspecified atom stereocenters. The molecule has 0 atom stereocenters. The number of benzene rings is 8. The first-order valence-corrected chi connectivity index (χ1v) is 17.1. The number of para-hydroxylation sites is 6. The first-order valence-electron chi connectivity index (χ1n) is 29.6. The molecule has 0 saturated carbocycles. The van der Waals surface area contributed by atoms with Gasteiger partial charge in [0.1, 0.15) is 11.2 Å². The first kappa shape index (κ1) is 15.7. The average molecular weight is 755 g/mol. The molecule has 0 spiro atoms. The van der Waals surface area contributed by atoms with E-state index < -0.39 is 191 Å². The van der Waals surface area contributed by atoms with Crippen LogP contribution in [0.2, 0.25) is 0 Å². The van der Waals surface area contributed by atoms with Gasteiger partial charge < -0.3 is 8.98 Å². The third-order valence-corrected chi connectivity index (χ3v) is 9.52. The molecule has 0 aliphatic heterocycles. The van der Waals surface area contributed by atoms with E-state index in [4.69, 9.17) is 48.2 Å². The molecule has 0 aliphatic rings. The van der Waals surface area contributed by atoms with Crippen molar-refractivity contribution in [1.82, 2.24) is 24.1 Å². The van der Waals surface area contributed by atoms with Crippen molar-refractivity contribution in [3.05, 3.63) is 187 Å². The summed E-state index contributed by atoms with van der Waals surface area (Å²) >= 11 is 0. The standard InChI is InChI=1S/C51H31N5O/c1-2-16-32(17-3-1)40-30-33(31-47-48(40)39-23-9-15-29-46(39)57-47)49-52-50(54-51(53-49)56-43-26-12-6-20-36(43)37-21-7-13-27-44(37)56)38-22-8-14-28-45(38)55-41-24-10-4-18-34(41)35-19-5-11-25-42(35)55/h1-31H/i1D,2D,3D,4D,5D,6D,7D,9D,10D,11D,12D,13D,15D,16D,17D,18D,19D,20D,21D,23D,24D,25D,26D,27D,29D. The highest BCUT2D eigenvalue weighted by molar-refractivity contribution is 6.14. The molecule has 57 heavy (non-hydrogen) atoms. The molecule has 4 aromatic heterocycles.